The lowest BCUT2D eigenvalue weighted by molar-refractivity contribution is -0.121. The topological polar surface area (TPSA) is 91.1 Å². The van der Waals surface area contributed by atoms with Gasteiger partial charge in [0.25, 0.3) is 0 Å². The van der Waals surface area contributed by atoms with Crippen LogP contribution in [-0.4, -0.2) is 47.7 Å². The van der Waals surface area contributed by atoms with Crippen LogP contribution in [0.5, 0.6) is 0 Å². The molecule has 0 aliphatic carbocycles. The highest BCUT2D eigenvalue weighted by molar-refractivity contribution is 5.89. The van der Waals surface area contributed by atoms with Gasteiger partial charge in [0.2, 0.25) is 5.91 Å². The van der Waals surface area contributed by atoms with Crippen LogP contribution in [0.15, 0.2) is 36.9 Å². The molecule has 0 spiro atoms. The number of hydrogen-bond acceptors (Lipinski definition) is 6. The minimum Gasteiger partial charge on any atom is -0.372 e. The number of nitriles is 1. The number of fused-ring (bicyclic) bond motifs is 1. The van der Waals surface area contributed by atoms with E-state index in [-0.39, 0.29) is 12.2 Å². The van der Waals surface area contributed by atoms with Crippen LogP contribution < -0.4 is 10.2 Å². The van der Waals surface area contributed by atoms with Crippen molar-refractivity contribution in [1.29, 1.82) is 5.26 Å². The van der Waals surface area contributed by atoms with Gasteiger partial charge in [-0.1, -0.05) is 18.2 Å². The largest absolute Gasteiger partial charge is 0.372 e. The Morgan fingerprint density at radius 2 is 2.00 bits per heavy atom. The summed E-state index contributed by atoms with van der Waals surface area (Å²) in [6.07, 6.45) is 1.61. The first-order valence-corrected chi connectivity index (χ1v) is 8.98. The molecular weight excluding hydrogens is 342 g/mol. The predicted octanol–water partition coefficient (Wildman–Crippen LogP) is 2.15. The van der Waals surface area contributed by atoms with Gasteiger partial charge in [-0.25, -0.2) is 9.97 Å². The Balaban J connectivity index is 2.09. The van der Waals surface area contributed by atoms with E-state index in [2.05, 4.69) is 27.8 Å². The Morgan fingerprint density at radius 3 is 2.59 bits per heavy atom. The Morgan fingerprint density at radius 1 is 1.37 bits per heavy atom. The molecule has 1 N–H and O–H groups in total. The lowest BCUT2D eigenvalue weighted by Gasteiger charge is -2.37. The molecule has 3 rings (SSSR count). The Hall–Kier alpha value is -2.98. The molecule has 0 unspecified atom stereocenters. The fourth-order valence-corrected chi connectivity index (χ4v) is 3.30. The van der Waals surface area contributed by atoms with Crippen LogP contribution in [0.3, 0.4) is 0 Å². The maximum absolute atomic E-state index is 12.5. The lowest BCUT2D eigenvalue weighted by atomic mass is 10.0. The number of rotatable bonds is 5. The second-order valence-corrected chi connectivity index (χ2v) is 6.68. The molecule has 1 aromatic heterocycles. The fraction of sp³-hybridized carbons (Fsp3) is 0.400. The number of nitrogens with zero attached hydrogens (tertiary/aromatic N) is 4. The number of aromatic nitrogens is 2. The van der Waals surface area contributed by atoms with E-state index < -0.39 is 11.8 Å². The maximum Gasteiger partial charge on any atom is 0.243 e. The molecule has 27 heavy (non-hydrogen) atoms. The standard InChI is InChI=1S/C20H23N5O2/c1-4-9-22-20(26)15(10-21)18-19(25-11-13(2)27-14(3)12-25)24-17-8-6-5-7-16(17)23-18/h4-8,13-15H,1,9,11-12H2,2-3H3,(H,22,26)/t13-,14+,15-/m1/s1. The van der Waals surface area contributed by atoms with Crippen molar-refractivity contribution in [3.05, 3.63) is 42.6 Å². The Kier molecular flexibility index (Phi) is 5.67. The van der Waals surface area contributed by atoms with Gasteiger partial charge in [0, 0.05) is 19.6 Å². The average molecular weight is 365 g/mol. The third-order valence-corrected chi connectivity index (χ3v) is 4.38. The second-order valence-electron chi connectivity index (χ2n) is 6.68. The zero-order valence-corrected chi connectivity index (χ0v) is 15.6. The zero-order chi connectivity index (χ0) is 19.4. The van der Waals surface area contributed by atoms with Crippen LogP contribution >= 0.6 is 0 Å². The number of ether oxygens (including phenoxy) is 1. The molecule has 0 radical (unpaired) electrons. The maximum atomic E-state index is 12.5. The van der Waals surface area contributed by atoms with Gasteiger partial charge in [-0.2, -0.15) is 5.26 Å². The van der Waals surface area contributed by atoms with E-state index in [0.717, 1.165) is 5.52 Å². The van der Waals surface area contributed by atoms with Crippen molar-refractivity contribution in [3.8, 4) is 6.07 Å². The van der Waals surface area contributed by atoms with Gasteiger partial charge in [-0.05, 0) is 26.0 Å². The molecule has 7 nitrogen and oxygen atoms in total. The number of carbonyl (C=O) groups is 1. The van der Waals surface area contributed by atoms with Gasteiger partial charge in [-0.3, -0.25) is 4.79 Å². The summed E-state index contributed by atoms with van der Waals surface area (Å²) < 4.78 is 5.81. The van der Waals surface area contributed by atoms with Gasteiger partial charge in [0.05, 0.1) is 29.3 Å². The van der Waals surface area contributed by atoms with E-state index >= 15 is 0 Å². The Bertz CT molecular complexity index is 882. The molecule has 3 atom stereocenters. The first-order chi connectivity index (χ1) is 13.0. The van der Waals surface area contributed by atoms with Gasteiger partial charge in [0.15, 0.2) is 11.7 Å². The Labute approximate surface area is 158 Å². The number of anilines is 1. The predicted molar refractivity (Wildman–Crippen MR) is 103 cm³/mol. The fourth-order valence-electron chi connectivity index (χ4n) is 3.30. The van der Waals surface area contributed by atoms with E-state index in [1.54, 1.807) is 6.08 Å². The van der Waals surface area contributed by atoms with E-state index in [1.807, 2.05) is 38.1 Å². The lowest BCUT2D eigenvalue weighted by Crippen LogP contribution is -2.46. The highest BCUT2D eigenvalue weighted by Crippen LogP contribution is 2.29. The van der Waals surface area contributed by atoms with Gasteiger partial charge >= 0.3 is 0 Å². The first-order valence-electron chi connectivity index (χ1n) is 8.98. The number of benzene rings is 1. The molecule has 2 heterocycles. The molecule has 1 aliphatic rings. The third-order valence-electron chi connectivity index (χ3n) is 4.38. The van der Waals surface area contributed by atoms with Crippen LogP contribution in [0.1, 0.15) is 25.5 Å². The minimum atomic E-state index is -1.05. The van der Waals surface area contributed by atoms with Crippen LogP contribution in [0.4, 0.5) is 5.82 Å². The summed E-state index contributed by atoms with van der Waals surface area (Å²) in [6.45, 7) is 9.12. The number of morpholine rings is 1. The van der Waals surface area contributed by atoms with Crippen LogP contribution in [0.2, 0.25) is 0 Å². The molecule has 2 aromatic rings. The van der Waals surface area contributed by atoms with E-state index in [4.69, 9.17) is 9.72 Å². The van der Waals surface area contributed by atoms with Crippen LogP contribution in [0.25, 0.3) is 11.0 Å². The van der Waals surface area contributed by atoms with Crippen molar-refractivity contribution < 1.29 is 9.53 Å². The van der Waals surface area contributed by atoms with Crippen molar-refractivity contribution >= 4 is 22.8 Å². The summed E-state index contributed by atoms with van der Waals surface area (Å²) in [5, 5.41) is 12.4. The van der Waals surface area contributed by atoms with E-state index in [9.17, 15) is 10.1 Å². The molecule has 140 valence electrons. The average Bonchev–Trinajstić information content (AvgIpc) is 2.65. The molecule has 1 aliphatic heterocycles. The van der Waals surface area contributed by atoms with Crippen molar-refractivity contribution in [3.63, 3.8) is 0 Å². The van der Waals surface area contributed by atoms with Gasteiger partial charge in [-0.15, -0.1) is 6.58 Å². The summed E-state index contributed by atoms with van der Waals surface area (Å²) in [5.41, 5.74) is 1.76. The monoisotopic (exact) mass is 365 g/mol. The molecule has 0 saturated carbocycles. The van der Waals surface area contributed by atoms with Crippen LogP contribution in [-0.2, 0) is 9.53 Å². The van der Waals surface area contributed by atoms with Crippen LogP contribution in [0, 0.1) is 11.3 Å². The number of para-hydroxylation sites is 2. The van der Waals surface area contributed by atoms with Gasteiger partial charge < -0.3 is 15.0 Å². The highest BCUT2D eigenvalue weighted by Gasteiger charge is 2.31. The van der Waals surface area contributed by atoms with Crippen molar-refractivity contribution in [1.82, 2.24) is 15.3 Å². The normalized spacial score (nSPS) is 20.7. The molecule has 1 amide bonds. The van der Waals surface area contributed by atoms with E-state index in [1.165, 1.54) is 0 Å². The molecular formula is C20H23N5O2. The second kappa shape index (κ2) is 8.14. The van der Waals surface area contributed by atoms with Crippen molar-refractivity contribution in [2.75, 3.05) is 24.5 Å². The molecule has 7 heteroatoms. The van der Waals surface area contributed by atoms with Gasteiger partial charge in [0.1, 0.15) is 5.69 Å². The summed E-state index contributed by atoms with van der Waals surface area (Å²) in [5.74, 6) is -0.890. The summed E-state index contributed by atoms with van der Waals surface area (Å²) in [7, 11) is 0. The first kappa shape index (κ1) is 18.8. The third kappa shape index (κ3) is 4.07. The molecule has 1 saturated heterocycles. The summed E-state index contributed by atoms with van der Waals surface area (Å²) in [4.78, 5) is 24.0. The smallest absolute Gasteiger partial charge is 0.243 e. The minimum absolute atomic E-state index is 0.0185. The zero-order valence-electron chi connectivity index (χ0n) is 15.6. The quantitative estimate of drug-likeness (QED) is 0.817. The number of carbonyl (C=O) groups excluding carboxylic acids is 1. The summed E-state index contributed by atoms with van der Waals surface area (Å²) in [6, 6.07) is 9.55. The molecule has 0 bridgehead atoms. The van der Waals surface area contributed by atoms with Crippen molar-refractivity contribution in [2.24, 2.45) is 0 Å². The number of amides is 1. The highest BCUT2D eigenvalue weighted by atomic mass is 16.5. The molecule has 1 fully saturated rings. The van der Waals surface area contributed by atoms with E-state index in [0.29, 0.717) is 36.7 Å². The SMILES string of the molecule is C=CCNC(=O)[C@H](C#N)c1nc2ccccc2nc1N1C[C@@H](C)O[C@@H](C)C1. The van der Waals surface area contributed by atoms with Crippen molar-refractivity contribution in [2.45, 2.75) is 32.0 Å². The number of nitrogens with one attached hydrogen (secondary N) is 1. The number of hydrogen-bond donors (Lipinski definition) is 1. The summed E-state index contributed by atoms with van der Waals surface area (Å²) >= 11 is 0. The molecule has 1 aromatic carbocycles.